The number of fused-ring (bicyclic) bond motifs is 1. The van der Waals surface area contributed by atoms with E-state index in [1.807, 2.05) is 19.2 Å². The third-order valence-electron chi connectivity index (χ3n) is 5.54. The number of aliphatic imine (C=N–C) groups is 1. The van der Waals surface area contributed by atoms with Crippen LogP contribution in [0.1, 0.15) is 25.3 Å². The molecule has 0 aliphatic carbocycles. The number of halogens is 1. The molecule has 2 aliphatic heterocycles. The zero-order valence-electron chi connectivity index (χ0n) is 17.3. The maximum Gasteiger partial charge on any atom is 0.191 e. The first-order valence-electron chi connectivity index (χ1n) is 10.4. The SMILES string of the molecule is CCN1CCN(CCCCNC(=NC)NCC2Cc3ccccc3O2)CC1.I. The fraction of sp³-hybridized carbons (Fsp3) is 0.667. The number of guanidine groups is 1. The van der Waals surface area contributed by atoms with E-state index in [0.717, 1.165) is 31.2 Å². The Kier molecular flexibility index (Phi) is 10.4. The highest BCUT2D eigenvalue weighted by Crippen LogP contribution is 2.27. The van der Waals surface area contributed by atoms with E-state index in [2.05, 4.69) is 44.5 Å². The van der Waals surface area contributed by atoms with Crippen LogP contribution in [0.2, 0.25) is 0 Å². The average Bonchev–Trinajstić information content (AvgIpc) is 3.13. The molecule has 2 heterocycles. The van der Waals surface area contributed by atoms with Crippen LogP contribution in [0.15, 0.2) is 29.3 Å². The van der Waals surface area contributed by atoms with Crippen molar-refractivity contribution in [3.8, 4) is 5.75 Å². The fourth-order valence-corrected chi connectivity index (χ4v) is 3.80. The number of rotatable bonds is 8. The highest BCUT2D eigenvalue weighted by molar-refractivity contribution is 14.0. The predicted octanol–water partition coefficient (Wildman–Crippen LogP) is 2.19. The van der Waals surface area contributed by atoms with Crippen molar-refractivity contribution < 1.29 is 4.74 Å². The van der Waals surface area contributed by atoms with Gasteiger partial charge in [-0.2, -0.15) is 0 Å². The Morgan fingerprint density at radius 3 is 2.57 bits per heavy atom. The topological polar surface area (TPSA) is 52.1 Å². The third kappa shape index (κ3) is 7.08. The van der Waals surface area contributed by atoms with Crippen molar-refractivity contribution in [1.29, 1.82) is 0 Å². The number of benzene rings is 1. The zero-order chi connectivity index (χ0) is 18.9. The maximum atomic E-state index is 5.97. The number of unbranched alkanes of at least 4 members (excludes halogenated alkanes) is 1. The average molecular weight is 501 g/mol. The van der Waals surface area contributed by atoms with Crippen LogP contribution in [0.5, 0.6) is 5.75 Å². The summed E-state index contributed by atoms with van der Waals surface area (Å²) in [6, 6.07) is 8.29. The molecule has 1 aromatic rings. The van der Waals surface area contributed by atoms with Gasteiger partial charge in [0.15, 0.2) is 5.96 Å². The maximum absolute atomic E-state index is 5.97. The van der Waals surface area contributed by atoms with Gasteiger partial charge < -0.3 is 25.2 Å². The molecule has 28 heavy (non-hydrogen) atoms. The van der Waals surface area contributed by atoms with E-state index in [0.29, 0.717) is 0 Å². The summed E-state index contributed by atoms with van der Waals surface area (Å²) in [7, 11) is 1.83. The Hall–Kier alpha value is -1.06. The molecule has 2 N–H and O–H groups in total. The van der Waals surface area contributed by atoms with Crippen LogP contribution in [0.4, 0.5) is 0 Å². The van der Waals surface area contributed by atoms with Crippen LogP contribution in [-0.2, 0) is 6.42 Å². The fourth-order valence-electron chi connectivity index (χ4n) is 3.80. The standard InChI is InChI=1S/C21H35N5O.HI/c1-3-25-12-14-26(15-13-25)11-7-6-10-23-21(22-2)24-17-19-16-18-8-4-5-9-20(18)27-19;/h4-5,8-9,19H,3,6-7,10-17H2,1-2H3,(H2,22,23,24);1H. The Bertz CT molecular complexity index is 579. The summed E-state index contributed by atoms with van der Waals surface area (Å²) in [4.78, 5) is 9.45. The van der Waals surface area contributed by atoms with Crippen LogP contribution in [0.25, 0.3) is 0 Å². The summed E-state index contributed by atoms with van der Waals surface area (Å²) in [5.74, 6) is 1.89. The van der Waals surface area contributed by atoms with E-state index in [9.17, 15) is 0 Å². The molecule has 1 fully saturated rings. The van der Waals surface area contributed by atoms with Crippen molar-refractivity contribution in [3.05, 3.63) is 29.8 Å². The van der Waals surface area contributed by atoms with Gasteiger partial charge in [-0.25, -0.2) is 0 Å². The Balaban J connectivity index is 0.00000280. The molecule has 1 saturated heterocycles. The first-order chi connectivity index (χ1) is 13.3. The van der Waals surface area contributed by atoms with Gasteiger partial charge in [0.2, 0.25) is 0 Å². The normalized spacial score (nSPS) is 20.2. The van der Waals surface area contributed by atoms with Gasteiger partial charge >= 0.3 is 0 Å². The smallest absolute Gasteiger partial charge is 0.191 e. The van der Waals surface area contributed by atoms with Gasteiger partial charge in [0.25, 0.3) is 0 Å². The molecule has 1 atom stereocenters. The monoisotopic (exact) mass is 501 g/mol. The summed E-state index contributed by atoms with van der Waals surface area (Å²) in [5, 5.41) is 6.82. The summed E-state index contributed by atoms with van der Waals surface area (Å²) in [6.45, 7) is 11.2. The van der Waals surface area contributed by atoms with Gasteiger partial charge in [-0.3, -0.25) is 4.99 Å². The minimum absolute atomic E-state index is 0. The number of hydrogen-bond acceptors (Lipinski definition) is 4. The highest BCUT2D eigenvalue weighted by Gasteiger charge is 2.22. The predicted molar refractivity (Wildman–Crippen MR) is 127 cm³/mol. The van der Waals surface area contributed by atoms with Crippen LogP contribution < -0.4 is 15.4 Å². The molecule has 7 heteroatoms. The number of nitrogens with one attached hydrogen (secondary N) is 2. The second-order valence-electron chi connectivity index (χ2n) is 7.41. The van der Waals surface area contributed by atoms with Crippen LogP contribution in [0, 0.1) is 0 Å². The molecule has 0 amide bonds. The van der Waals surface area contributed by atoms with Gasteiger partial charge in [0.05, 0.1) is 6.54 Å². The lowest BCUT2D eigenvalue weighted by molar-refractivity contribution is 0.136. The number of para-hydroxylation sites is 1. The number of hydrogen-bond donors (Lipinski definition) is 2. The second-order valence-corrected chi connectivity index (χ2v) is 7.41. The van der Waals surface area contributed by atoms with Gasteiger partial charge in [0.1, 0.15) is 11.9 Å². The number of likely N-dealkylation sites (N-methyl/N-ethyl adjacent to an activating group) is 1. The van der Waals surface area contributed by atoms with Crippen LogP contribution >= 0.6 is 24.0 Å². The first kappa shape index (κ1) is 23.2. The van der Waals surface area contributed by atoms with Crippen molar-refractivity contribution in [2.45, 2.75) is 32.3 Å². The van der Waals surface area contributed by atoms with Crippen molar-refractivity contribution in [3.63, 3.8) is 0 Å². The van der Waals surface area contributed by atoms with Gasteiger partial charge in [-0.15, -0.1) is 24.0 Å². The molecule has 0 spiro atoms. The molecule has 6 nitrogen and oxygen atoms in total. The second kappa shape index (κ2) is 12.5. The molecule has 0 radical (unpaired) electrons. The van der Waals surface area contributed by atoms with Crippen molar-refractivity contribution in [1.82, 2.24) is 20.4 Å². The van der Waals surface area contributed by atoms with Gasteiger partial charge in [-0.05, 0) is 37.6 Å². The summed E-state index contributed by atoms with van der Waals surface area (Å²) in [5.41, 5.74) is 1.30. The summed E-state index contributed by atoms with van der Waals surface area (Å²) in [6.07, 6.45) is 3.55. The summed E-state index contributed by atoms with van der Waals surface area (Å²) >= 11 is 0. The van der Waals surface area contributed by atoms with E-state index in [-0.39, 0.29) is 30.1 Å². The molecule has 0 bridgehead atoms. The zero-order valence-corrected chi connectivity index (χ0v) is 19.7. The van der Waals surface area contributed by atoms with Crippen molar-refractivity contribution >= 4 is 29.9 Å². The Morgan fingerprint density at radius 1 is 1.11 bits per heavy atom. The van der Waals surface area contributed by atoms with E-state index in [4.69, 9.17) is 4.74 Å². The molecule has 2 aliphatic rings. The van der Waals surface area contributed by atoms with E-state index >= 15 is 0 Å². The molecule has 158 valence electrons. The number of ether oxygens (including phenoxy) is 1. The molecule has 1 aromatic carbocycles. The van der Waals surface area contributed by atoms with Crippen molar-refractivity contribution in [2.24, 2.45) is 4.99 Å². The van der Waals surface area contributed by atoms with Crippen LogP contribution in [0.3, 0.4) is 0 Å². The lowest BCUT2D eigenvalue weighted by atomic mass is 10.1. The lowest BCUT2D eigenvalue weighted by Crippen LogP contribution is -2.46. The quantitative estimate of drug-likeness (QED) is 0.248. The Morgan fingerprint density at radius 2 is 1.86 bits per heavy atom. The Labute approximate surface area is 187 Å². The van der Waals surface area contributed by atoms with Crippen molar-refractivity contribution in [2.75, 3.05) is 59.4 Å². The molecular formula is C21H36IN5O. The van der Waals surface area contributed by atoms with Gasteiger partial charge in [0, 0.05) is 46.2 Å². The summed E-state index contributed by atoms with van der Waals surface area (Å²) < 4.78 is 5.97. The van der Waals surface area contributed by atoms with E-state index in [1.54, 1.807) is 0 Å². The largest absolute Gasteiger partial charge is 0.488 e. The molecule has 1 unspecified atom stereocenters. The molecular weight excluding hydrogens is 465 g/mol. The number of piperazine rings is 1. The minimum Gasteiger partial charge on any atom is -0.488 e. The molecule has 3 rings (SSSR count). The van der Waals surface area contributed by atoms with E-state index in [1.165, 1.54) is 57.7 Å². The number of nitrogens with zero attached hydrogens (tertiary/aromatic N) is 3. The van der Waals surface area contributed by atoms with Crippen LogP contribution in [-0.4, -0.2) is 81.3 Å². The third-order valence-corrected chi connectivity index (χ3v) is 5.54. The van der Waals surface area contributed by atoms with Gasteiger partial charge in [-0.1, -0.05) is 25.1 Å². The van der Waals surface area contributed by atoms with E-state index < -0.39 is 0 Å². The first-order valence-corrected chi connectivity index (χ1v) is 10.4. The molecule has 0 saturated carbocycles. The lowest BCUT2D eigenvalue weighted by Gasteiger charge is -2.34. The minimum atomic E-state index is 0. The highest BCUT2D eigenvalue weighted by atomic mass is 127. The molecule has 0 aromatic heterocycles.